The van der Waals surface area contributed by atoms with E-state index in [0.29, 0.717) is 5.91 Å². The molecule has 5 rings (SSSR count). The molecule has 1 unspecified atom stereocenters. The van der Waals surface area contributed by atoms with Crippen LogP contribution < -0.4 is 4.90 Å². The lowest BCUT2D eigenvalue weighted by atomic mass is 9.69. The van der Waals surface area contributed by atoms with Gasteiger partial charge in [-0.2, -0.15) is 0 Å². The molecule has 174 valence electrons. The zero-order chi connectivity index (χ0) is 23.4. The number of likely N-dealkylation sites (tertiary alicyclic amines) is 1. The second kappa shape index (κ2) is 10.2. The Bertz CT molecular complexity index is 899. The van der Waals surface area contributed by atoms with Crippen molar-refractivity contribution in [2.75, 3.05) is 31.6 Å². The van der Waals surface area contributed by atoms with Crippen LogP contribution in [0.15, 0.2) is 48.5 Å². The molecule has 0 spiro atoms. The highest BCUT2D eigenvalue weighted by Gasteiger charge is 2.53. The van der Waals surface area contributed by atoms with Crippen molar-refractivity contribution in [2.24, 2.45) is 0 Å². The normalized spacial score (nSPS) is 23.4. The third kappa shape index (κ3) is 4.12. The van der Waals surface area contributed by atoms with Crippen molar-refractivity contribution in [1.29, 1.82) is 0 Å². The molecule has 0 radical (unpaired) electrons. The Labute approximate surface area is 195 Å². The summed E-state index contributed by atoms with van der Waals surface area (Å²) >= 11 is 0. The molecule has 1 aliphatic carbocycles. The third-order valence-corrected chi connectivity index (χ3v) is 7.66. The number of benzene rings is 2. The SMILES string of the molecule is CC.CC.CN1C(=O)C2(CN3CCC(C)(c4ccccc4)CC3)CCCc3cccc1c32. The number of likely N-dealkylation sites (N-methyl/N-ethyl adjacent to an activating group) is 1. The lowest BCUT2D eigenvalue weighted by molar-refractivity contribution is -0.124. The average molecular weight is 435 g/mol. The molecular formula is C29H42N2O. The van der Waals surface area contributed by atoms with Gasteiger partial charge in [0.25, 0.3) is 0 Å². The van der Waals surface area contributed by atoms with Crippen LogP contribution in [-0.2, 0) is 22.0 Å². The fourth-order valence-electron chi connectivity index (χ4n) is 5.92. The van der Waals surface area contributed by atoms with Crippen molar-refractivity contribution in [3.8, 4) is 0 Å². The predicted molar refractivity (Wildman–Crippen MR) is 137 cm³/mol. The van der Waals surface area contributed by atoms with Gasteiger partial charge in [0.1, 0.15) is 0 Å². The highest BCUT2D eigenvalue weighted by molar-refractivity contribution is 6.08. The number of amides is 1. The fraction of sp³-hybridized carbons (Fsp3) is 0.552. The number of carbonyl (C=O) groups is 1. The number of piperidine rings is 1. The number of nitrogens with zero attached hydrogens (tertiary/aromatic N) is 2. The van der Waals surface area contributed by atoms with Crippen LogP contribution in [0, 0.1) is 0 Å². The van der Waals surface area contributed by atoms with E-state index in [4.69, 9.17) is 0 Å². The third-order valence-electron chi connectivity index (χ3n) is 7.66. The molecule has 1 saturated heterocycles. The van der Waals surface area contributed by atoms with Crippen LogP contribution in [-0.4, -0.2) is 37.5 Å². The van der Waals surface area contributed by atoms with Crippen LogP contribution in [0.5, 0.6) is 0 Å². The van der Waals surface area contributed by atoms with E-state index in [1.807, 2.05) is 39.6 Å². The van der Waals surface area contributed by atoms with Crippen LogP contribution in [0.2, 0.25) is 0 Å². The zero-order valence-electron chi connectivity index (χ0n) is 21.1. The molecule has 3 heteroatoms. The van der Waals surface area contributed by atoms with Crippen LogP contribution in [0.25, 0.3) is 0 Å². The van der Waals surface area contributed by atoms with Gasteiger partial charge in [0.2, 0.25) is 5.91 Å². The van der Waals surface area contributed by atoms with Crippen molar-refractivity contribution in [3.63, 3.8) is 0 Å². The molecule has 2 aromatic rings. The van der Waals surface area contributed by atoms with Gasteiger partial charge in [0.15, 0.2) is 0 Å². The van der Waals surface area contributed by atoms with Crippen molar-refractivity contribution < 1.29 is 4.79 Å². The smallest absolute Gasteiger partial charge is 0.238 e. The Morgan fingerprint density at radius 1 is 0.875 bits per heavy atom. The molecule has 0 saturated carbocycles. The maximum atomic E-state index is 13.4. The molecule has 2 aromatic carbocycles. The summed E-state index contributed by atoms with van der Waals surface area (Å²) < 4.78 is 0. The van der Waals surface area contributed by atoms with Crippen molar-refractivity contribution in [1.82, 2.24) is 4.90 Å². The van der Waals surface area contributed by atoms with E-state index in [-0.39, 0.29) is 10.8 Å². The van der Waals surface area contributed by atoms with Gasteiger partial charge in [-0.05, 0) is 73.4 Å². The van der Waals surface area contributed by atoms with E-state index in [1.165, 1.54) is 16.7 Å². The summed E-state index contributed by atoms with van der Waals surface area (Å²) in [5.74, 6) is 0.311. The Hall–Kier alpha value is -2.13. The molecular weight excluding hydrogens is 392 g/mol. The summed E-state index contributed by atoms with van der Waals surface area (Å²) in [5, 5.41) is 0. The van der Waals surface area contributed by atoms with Crippen LogP contribution in [0.4, 0.5) is 5.69 Å². The first kappa shape index (κ1) is 24.5. The molecule has 1 atom stereocenters. The minimum absolute atomic E-state index is 0.252. The molecule has 2 aliphatic heterocycles. The van der Waals surface area contributed by atoms with E-state index < -0.39 is 0 Å². The number of aryl methyl sites for hydroxylation is 1. The zero-order valence-corrected chi connectivity index (χ0v) is 21.1. The maximum absolute atomic E-state index is 13.4. The van der Waals surface area contributed by atoms with Gasteiger partial charge in [-0.15, -0.1) is 0 Å². The molecule has 0 N–H and O–H groups in total. The second-order valence-electron chi connectivity index (χ2n) is 9.31. The lowest BCUT2D eigenvalue weighted by Gasteiger charge is -2.44. The Balaban J connectivity index is 0.000000686. The highest BCUT2D eigenvalue weighted by Crippen LogP contribution is 2.50. The molecule has 3 aliphatic rings. The highest BCUT2D eigenvalue weighted by atomic mass is 16.2. The van der Waals surface area contributed by atoms with Gasteiger partial charge >= 0.3 is 0 Å². The molecule has 3 nitrogen and oxygen atoms in total. The summed E-state index contributed by atoms with van der Waals surface area (Å²) in [5.41, 5.74) is 5.27. The van der Waals surface area contributed by atoms with E-state index in [9.17, 15) is 4.79 Å². The fourth-order valence-corrected chi connectivity index (χ4v) is 5.92. The lowest BCUT2D eigenvalue weighted by Crippen LogP contribution is -2.52. The molecule has 0 aromatic heterocycles. The van der Waals surface area contributed by atoms with Crippen LogP contribution >= 0.6 is 0 Å². The van der Waals surface area contributed by atoms with Gasteiger partial charge in [0.05, 0.1) is 5.41 Å². The number of anilines is 1. The first-order valence-electron chi connectivity index (χ1n) is 12.7. The molecule has 1 fully saturated rings. The summed E-state index contributed by atoms with van der Waals surface area (Å²) in [4.78, 5) is 17.9. The minimum Gasteiger partial charge on any atom is -0.314 e. The van der Waals surface area contributed by atoms with E-state index >= 15 is 0 Å². The van der Waals surface area contributed by atoms with Crippen molar-refractivity contribution in [3.05, 3.63) is 65.2 Å². The van der Waals surface area contributed by atoms with Gasteiger partial charge in [-0.3, -0.25) is 4.79 Å². The predicted octanol–water partition coefficient (Wildman–Crippen LogP) is 6.34. The summed E-state index contributed by atoms with van der Waals surface area (Å²) in [6.07, 6.45) is 5.54. The van der Waals surface area contributed by atoms with Gasteiger partial charge in [-0.25, -0.2) is 0 Å². The number of rotatable bonds is 3. The Morgan fingerprint density at radius 2 is 1.53 bits per heavy atom. The summed E-state index contributed by atoms with van der Waals surface area (Å²) in [6, 6.07) is 17.4. The largest absolute Gasteiger partial charge is 0.314 e. The summed E-state index contributed by atoms with van der Waals surface area (Å²) in [6.45, 7) is 13.4. The number of carbonyl (C=O) groups excluding carboxylic acids is 1. The van der Waals surface area contributed by atoms with Gasteiger partial charge in [-0.1, -0.05) is 77.1 Å². The Kier molecular flexibility index (Phi) is 7.82. The van der Waals surface area contributed by atoms with Crippen LogP contribution in [0.3, 0.4) is 0 Å². The summed E-state index contributed by atoms with van der Waals surface area (Å²) in [7, 11) is 1.96. The van der Waals surface area contributed by atoms with Crippen molar-refractivity contribution in [2.45, 2.75) is 77.6 Å². The minimum atomic E-state index is -0.320. The first-order chi connectivity index (χ1) is 15.5. The van der Waals surface area contributed by atoms with E-state index in [0.717, 1.165) is 57.4 Å². The second-order valence-corrected chi connectivity index (χ2v) is 9.31. The molecule has 2 heterocycles. The maximum Gasteiger partial charge on any atom is 0.238 e. The number of hydrogen-bond acceptors (Lipinski definition) is 2. The average Bonchev–Trinajstić information content (AvgIpc) is 3.07. The first-order valence-corrected chi connectivity index (χ1v) is 12.7. The van der Waals surface area contributed by atoms with Crippen molar-refractivity contribution >= 4 is 11.6 Å². The van der Waals surface area contributed by atoms with Gasteiger partial charge in [0, 0.05) is 19.3 Å². The monoisotopic (exact) mass is 434 g/mol. The molecule has 32 heavy (non-hydrogen) atoms. The quantitative estimate of drug-likeness (QED) is 0.562. The van der Waals surface area contributed by atoms with E-state index in [2.05, 4.69) is 60.4 Å². The standard InChI is InChI=1S/C25H30N2O.2C2H6/c1-24(20-10-4-3-5-11-20)14-16-27(17-15-24)18-25-13-7-9-19-8-6-12-21(22(19)25)26(2)23(25)28;2*1-2/h3-6,8,10-12H,7,9,13-18H2,1-2H3;2*1-2H3. The number of hydrogen-bond donors (Lipinski definition) is 0. The topological polar surface area (TPSA) is 23.6 Å². The van der Waals surface area contributed by atoms with Gasteiger partial charge < -0.3 is 9.80 Å². The van der Waals surface area contributed by atoms with E-state index in [1.54, 1.807) is 0 Å². The molecule has 1 amide bonds. The molecule has 0 bridgehead atoms. The Morgan fingerprint density at radius 3 is 2.19 bits per heavy atom. The van der Waals surface area contributed by atoms with Crippen LogP contribution in [0.1, 0.15) is 77.0 Å².